The number of H-pyrrole nitrogens is 1. The molecule has 0 unspecified atom stereocenters. The SMILES string of the molecule is C[n+]1ccc(C=Cc2ccc(NC(=O)[C@@H](N)Cc3c[nH]c4ccccc34)cc2)c2ccccc21. The van der Waals surface area contributed by atoms with Crippen LogP contribution in [0.2, 0.25) is 0 Å². The summed E-state index contributed by atoms with van der Waals surface area (Å²) in [5, 5.41) is 5.24. The Morgan fingerprint density at radius 2 is 1.71 bits per heavy atom. The van der Waals surface area contributed by atoms with Gasteiger partial charge in [0.2, 0.25) is 11.4 Å². The third-order valence-corrected chi connectivity index (χ3v) is 6.16. The van der Waals surface area contributed by atoms with Gasteiger partial charge in [0.1, 0.15) is 7.05 Å². The summed E-state index contributed by atoms with van der Waals surface area (Å²) in [7, 11) is 2.05. The van der Waals surface area contributed by atoms with Crippen LogP contribution in [-0.4, -0.2) is 16.9 Å². The van der Waals surface area contributed by atoms with Gasteiger partial charge in [0, 0.05) is 34.9 Å². The third kappa shape index (κ3) is 4.47. The zero-order valence-electron chi connectivity index (χ0n) is 19.0. The Balaban J connectivity index is 1.24. The van der Waals surface area contributed by atoms with E-state index in [9.17, 15) is 4.79 Å². The third-order valence-electron chi connectivity index (χ3n) is 6.16. The Hall–Kier alpha value is -4.22. The van der Waals surface area contributed by atoms with Gasteiger partial charge < -0.3 is 16.0 Å². The van der Waals surface area contributed by atoms with Crippen LogP contribution in [0.1, 0.15) is 16.7 Å². The van der Waals surface area contributed by atoms with Gasteiger partial charge in [-0.05, 0) is 47.4 Å². The number of para-hydroxylation sites is 2. The fourth-order valence-electron chi connectivity index (χ4n) is 4.26. The molecule has 34 heavy (non-hydrogen) atoms. The fourth-order valence-corrected chi connectivity index (χ4v) is 4.26. The zero-order chi connectivity index (χ0) is 23.5. The minimum atomic E-state index is -0.633. The lowest BCUT2D eigenvalue weighted by atomic mass is 10.0. The van der Waals surface area contributed by atoms with E-state index in [1.54, 1.807) is 0 Å². The minimum Gasteiger partial charge on any atom is -0.361 e. The van der Waals surface area contributed by atoms with E-state index in [2.05, 4.69) is 70.6 Å². The molecular weight excluding hydrogens is 420 g/mol. The van der Waals surface area contributed by atoms with Crippen molar-refractivity contribution in [2.45, 2.75) is 12.5 Å². The highest BCUT2D eigenvalue weighted by Gasteiger charge is 2.16. The van der Waals surface area contributed by atoms with Gasteiger partial charge in [-0.15, -0.1) is 0 Å². The number of hydrogen-bond donors (Lipinski definition) is 3. The van der Waals surface area contributed by atoms with E-state index in [4.69, 9.17) is 5.73 Å². The zero-order valence-corrected chi connectivity index (χ0v) is 19.0. The van der Waals surface area contributed by atoms with Crippen LogP contribution >= 0.6 is 0 Å². The maximum atomic E-state index is 12.7. The molecule has 2 heterocycles. The molecule has 5 rings (SSSR count). The predicted molar refractivity (Wildman–Crippen MR) is 139 cm³/mol. The number of aromatic nitrogens is 2. The van der Waals surface area contributed by atoms with E-state index in [0.717, 1.165) is 33.3 Å². The normalized spacial score (nSPS) is 12.4. The number of nitrogens with one attached hydrogen (secondary N) is 2. The number of carbonyl (C=O) groups is 1. The standard InChI is InChI=1S/C29H26N4O/c1-33-17-16-21(25-7-3-5-9-28(25)33)13-10-20-11-14-23(15-12-20)32-29(34)26(30)18-22-19-31-27-8-4-2-6-24(22)27/h2-17,19,26,31H,18,30H2,1H3/p+1/t26-/m0/s1. The number of amides is 1. The van der Waals surface area contributed by atoms with Crippen LogP contribution in [0, 0.1) is 0 Å². The number of rotatable bonds is 6. The molecule has 5 nitrogen and oxygen atoms in total. The van der Waals surface area contributed by atoms with E-state index >= 15 is 0 Å². The van der Waals surface area contributed by atoms with Crippen LogP contribution < -0.4 is 15.6 Å². The van der Waals surface area contributed by atoms with Gasteiger partial charge in [-0.25, -0.2) is 4.57 Å². The van der Waals surface area contributed by atoms with Crippen LogP contribution in [0.15, 0.2) is 91.3 Å². The molecule has 5 aromatic rings. The van der Waals surface area contributed by atoms with Crippen molar-refractivity contribution >= 4 is 45.6 Å². The number of hydrogen-bond acceptors (Lipinski definition) is 2. The van der Waals surface area contributed by atoms with E-state index < -0.39 is 6.04 Å². The van der Waals surface area contributed by atoms with Crippen molar-refractivity contribution in [2.24, 2.45) is 12.8 Å². The average molecular weight is 448 g/mol. The second kappa shape index (κ2) is 9.33. The molecule has 168 valence electrons. The summed E-state index contributed by atoms with van der Waals surface area (Å²) < 4.78 is 2.12. The monoisotopic (exact) mass is 447 g/mol. The largest absolute Gasteiger partial charge is 0.361 e. The summed E-state index contributed by atoms with van der Waals surface area (Å²) in [6, 6.07) is 25.6. The molecular formula is C29H27N4O+. The number of fused-ring (bicyclic) bond motifs is 2. The van der Waals surface area contributed by atoms with Gasteiger partial charge in [-0.3, -0.25) is 4.79 Å². The number of nitrogens with zero attached hydrogens (tertiary/aromatic N) is 1. The summed E-state index contributed by atoms with van der Waals surface area (Å²) in [5.74, 6) is -0.197. The first-order chi connectivity index (χ1) is 16.6. The van der Waals surface area contributed by atoms with E-state index in [0.29, 0.717) is 6.42 Å². The summed E-state index contributed by atoms with van der Waals surface area (Å²) in [6.07, 6.45) is 8.66. The molecule has 0 aliphatic carbocycles. The molecule has 5 heteroatoms. The van der Waals surface area contributed by atoms with Crippen molar-refractivity contribution in [3.63, 3.8) is 0 Å². The topological polar surface area (TPSA) is 74.8 Å². The summed E-state index contributed by atoms with van der Waals surface area (Å²) in [5.41, 5.74) is 12.4. The van der Waals surface area contributed by atoms with Gasteiger partial charge in [-0.1, -0.05) is 54.6 Å². The number of pyridine rings is 1. The second-order valence-corrected chi connectivity index (χ2v) is 8.51. The molecule has 0 saturated carbocycles. The van der Waals surface area contributed by atoms with Crippen molar-refractivity contribution < 1.29 is 9.36 Å². The first kappa shape index (κ1) is 21.6. The maximum absolute atomic E-state index is 12.7. The first-order valence-corrected chi connectivity index (χ1v) is 11.4. The first-order valence-electron chi connectivity index (χ1n) is 11.4. The second-order valence-electron chi connectivity index (χ2n) is 8.51. The molecule has 3 aromatic carbocycles. The quantitative estimate of drug-likeness (QED) is 0.326. The van der Waals surface area contributed by atoms with Crippen LogP contribution in [0.3, 0.4) is 0 Å². The van der Waals surface area contributed by atoms with Gasteiger partial charge in [0.05, 0.1) is 11.4 Å². The molecule has 0 aliphatic heterocycles. The van der Waals surface area contributed by atoms with Gasteiger partial charge in [-0.2, -0.15) is 0 Å². The lowest BCUT2D eigenvalue weighted by Gasteiger charge is -2.12. The Morgan fingerprint density at radius 1 is 0.971 bits per heavy atom. The van der Waals surface area contributed by atoms with E-state index in [1.807, 2.05) is 54.7 Å². The van der Waals surface area contributed by atoms with E-state index in [-0.39, 0.29) is 5.91 Å². The summed E-state index contributed by atoms with van der Waals surface area (Å²) >= 11 is 0. The van der Waals surface area contributed by atoms with Crippen molar-refractivity contribution in [2.75, 3.05) is 5.32 Å². The van der Waals surface area contributed by atoms with Crippen molar-refractivity contribution in [3.05, 3.63) is 108 Å². The number of benzene rings is 3. The number of nitrogens with two attached hydrogens (primary N) is 1. The summed E-state index contributed by atoms with van der Waals surface area (Å²) in [6.45, 7) is 0. The Morgan fingerprint density at radius 3 is 2.53 bits per heavy atom. The lowest BCUT2D eigenvalue weighted by Crippen LogP contribution is -2.37. The molecule has 0 radical (unpaired) electrons. The number of anilines is 1. The predicted octanol–water partition coefficient (Wildman–Crippen LogP) is 4.82. The highest BCUT2D eigenvalue weighted by molar-refractivity contribution is 5.95. The number of aromatic amines is 1. The van der Waals surface area contributed by atoms with Crippen molar-refractivity contribution in [3.8, 4) is 0 Å². The molecule has 0 spiro atoms. The average Bonchev–Trinajstić information content (AvgIpc) is 3.27. The van der Waals surface area contributed by atoms with Crippen LogP contribution in [0.25, 0.3) is 34.0 Å². The van der Waals surface area contributed by atoms with Gasteiger partial charge in [0.15, 0.2) is 6.20 Å². The Kier molecular flexibility index (Phi) is 5.93. The Bertz CT molecular complexity index is 1500. The van der Waals surface area contributed by atoms with Crippen LogP contribution in [0.4, 0.5) is 5.69 Å². The molecule has 1 atom stereocenters. The van der Waals surface area contributed by atoms with Crippen LogP contribution in [0.5, 0.6) is 0 Å². The maximum Gasteiger partial charge on any atom is 0.241 e. The van der Waals surface area contributed by atoms with E-state index in [1.165, 1.54) is 10.9 Å². The Labute approximate surface area is 198 Å². The molecule has 0 fully saturated rings. The minimum absolute atomic E-state index is 0.197. The molecule has 4 N–H and O–H groups in total. The molecule has 2 aromatic heterocycles. The molecule has 0 saturated heterocycles. The molecule has 0 bridgehead atoms. The smallest absolute Gasteiger partial charge is 0.241 e. The lowest BCUT2D eigenvalue weighted by molar-refractivity contribution is -0.644. The van der Waals surface area contributed by atoms with Crippen molar-refractivity contribution in [1.82, 2.24) is 4.98 Å². The molecule has 0 aliphatic rings. The van der Waals surface area contributed by atoms with Crippen molar-refractivity contribution in [1.29, 1.82) is 0 Å². The number of carbonyl (C=O) groups excluding carboxylic acids is 1. The fraction of sp³-hybridized carbons (Fsp3) is 0.103. The highest BCUT2D eigenvalue weighted by Crippen LogP contribution is 2.20. The van der Waals surface area contributed by atoms with Gasteiger partial charge >= 0.3 is 0 Å². The summed E-state index contributed by atoms with van der Waals surface area (Å²) in [4.78, 5) is 15.9. The molecule has 1 amide bonds. The highest BCUT2D eigenvalue weighted by atomic mass is 16.2. The number of aryl methyl sites for hydroxylation is 1. The van der Waals surface area contributed by atoms with Gasteiger partial charge in [0.25, 0.3) is 0 Å². The van der Waals surface area contributed by atoms with Crippen LogP contribution in [-0.2, 0) is 18.3 Å².